The zero-order valence-electron chi connectivity index (χ0n) is 11.7. The molecule has 3 nitrogen and oxygen atoms in total. The lowest BCUT2D eigenvalue weighted by Crippen LogP contribution is -1.99. The van der Waals surface area contributed by atoms with Gasteiger partial charge in [-0.1, -0.05) is 17.7 Å². The molecule has 0 fully saturated rings. The van der Waals surface area contributed by atoms with E-state index in [1.807, 2.05) is 41.8 Å². The van der Waals surface area contributed by atoms with E-state index in [1.54, 1.807) is 7.11 Å². The fourth-order valence-corrected chi connectivity index (χ4v) is 2.84. The van der Waals surface area contributed by atoms with Gasteiger partial charge in [0.05, 0.1) is 29.0 Å². The summed E-state index contributed by atoms with van der Waals surface area (Å²) in [4.78, 5) is 4.60. The van der Waals surface area contributed by atoms with Crippen molar-refractivity contribution >= 4 is 34.2 Å². The lowest BCUT2D eigenvalue weighted by atomic mass is 10.2. The molecule has 1 heterocycles. The van der Waals surface area contributed by atoms with Crippen molar-refractivity contribution in [2.24, 2.45) is 0 Å². The van der Waals surface area contributed by atoms with Crippen LogP contribution in [0, 0.1) is 6.92 Å². The highest BCUT2D eigenvalue weighted by molar-refractivity contribution is 6.32. The molecule has 0 saturated heterocycles. The first-order valence-corrected chi connectivity index (χ1v) is 7.43. The van der Waals surface area contributed by atoms with Crippen LogP contribution in [0.1, 0.15) is 11.4 Å². The van der Waals surface area contributed by atoms with Crippen molar-refractivity contribution < 1.29 is 4.74 Å². The predicted octanol–water partition coefficient (Wildman–Crippen LogP) is 4.73. The standard InChI is InChI=1S/C16H14Cl2N2O/c1-10-3-5-14-13(7-10)19-16(9-17)20(14)11-4-6-15(21-2)12(18)8-11/h3-8H,9H2,1-2H3. The molecule has 0 aliphatic rings. The molecule has 0 aliphatic carbocycles. The number of aromatic nitrogens is 2. The number of halogens is 2. The van der Waals surface area contributed by atoms with Crippen molar-refractivity contribution in [2.75, 3.05) is 7.11 Å². The Bertz CT molecular complexity index is 811. The Balaban J connectivity index is 2.25. The number of imidazole rings is 1. The van der Waals surface area contributed by atoms with Crippen LogP contribution in [0.4, 0.5) is 0 Å². The van der Waals surface area contributed by atoms with E-state index in [0.29, 0.717) is 16.7 Å². The van der Waals surface area contributed by atoms with Crippen LogP contribution in [-0.4, -0.2) is 16.7 Å². The Morgan fingerprint density at radius 3 is 2.67 bits per heavy atom. The average Bonchev–Trinajstić information content (AvgIpc) is 2.84. The van der Waals surface area contributed by atoms with Gasteiger partial charge in [0.25, 0.3) is 0 Å². The van der Waals surface area contributed by atoms with Gasteiger partial charge in [0.15, 0.2) is 0 Å². The number of hydrogen-bond donors (Lipinski definition) is 0. The van der Waals surface area contributed by atoms with E-state index in [0.717, 1.165) is 22.5 Å². The minimum Gasteiger partial charge on any atom is -0.495 e. The molecule has 0 saturated carbocycles. The highest BCUT2D eigenvalue weighted by Crippen LogP contribution is 2.30. The normalized spacial score (nSPS) is 11.0. The Kier molecular flexibility index (Phi) is 3.79. The second-order valence-electron chi connectivity index (χ2n) is 4.81. The number of rotatable bonds is 3. The second kappa shape index (κ2) is 5.58. The molecule has 0 N–H and O–H groups in total. The van der Waals surface area contributed by atoms with E-state index >= 15 is 0 Å². The van der Waals surface area contributed by atoms with Gasteiger partial charge < -0.3 is 4.74 Å². The average molecular weight is 321 g/mol. The molecule has 0 aliphatic heterocycles. The van der Waals surface area contributed by atoms with E-state index in [4.69, 9.17) is 27.9 Å². The number of alkyl halides is 1. The zero-order valence-corrected chi connectivity index (χ0v) is 13.2. The number of nitrogens with zero attached hydrogens (tertiary/aromatic N) is 2. The third kappa shape index (κ3) is 2.47. The Morgan fingerprint density at radius 1 is 1.19 bits per heavy atom. The van der Waals surface area contributed by atoms with Gasteiger partial charge in [-0.3, -0.25) is 4.57 Å². The maximum Gasteiger partial charge on any atom is 0.137 e. The van der Waals surface area contributed by atoms with Crippen LogP contribution < -0.4 is 4.74 Å². The van der Waals surface area contributed by atoms with E-state index in [-0.39, 0.29) is 0 Å². The summed E-state index contributed by atoms with van der Waals surface area (Å²) in [6.45, 7) is 2.04. The molecule has 0 bridgehead atoms. The van der Waals surface area contributed by atoms with E-state index < -0.39 is 0 Å². The minimum absolute atomic E-state index is 0.331. The van der Waals surface area contributed by atoms with Crippen molar-refractivity contribution in [1.29, 1.82) is 0 Å². The van der Waals surface area contributed by atoms with Crippen molar-refractivity contribution in [3.8, 4) is 11.4 Å². The second-order valence-corrected chi connectivity index (χ2v) is 5.48. The fraction of sp³-hybridized carbons (Fsp3) is 0.188. The van der Waals surface area contributed by atoms with Gasteiger partial charge in [-0.25, -0.2) is 4.98 Å². The van der Waals surface area contributed by atoms with Crippen LogP contribution in [0.3, 0.4) is 0 Å². The summed E-state index contributed by atoms with van der Waals surface area (Å²) in [7, 11) is 1.60. The number of ether oxygens (including phenoxy) is 1. The molecule has 0 radical (unpaired) electrons. The predicted molar refractivity (Wildman–Crippen MR) is 86.9 cm³/mol. The van der Waals surface area contributed by atoms with Gasteiger partial charge in [0.2, 0.25) is 0 Å². The van der Waals surface area contributed by atoms with Gasteiger partial charge >= 0.3 is 0 Å². The highest BCUT2D eigenvalue weighted by Gasteiger charge is 2.13. The molecular weight excluding hydrogens is 307 g/mol. The number of fused-ring (bicyclic) bond motifs is 1. The molecule has 3 rings (SSSR count). The molecule has 3 aromatic rings. The molecular formula is C16H14Cl2N2O. The minimum atomic E-state index is 0.331. The molecule has 1 aromatic heterocycles. The third-order valence-electron chi connectivity index (χ3n) is 3.39. The SMILES string of the molecule is COc1ccc(-n2c(CCl)nc3cc(C)ccc32)cc1Cl. The molecule has 0 atom stereocenters. The van der Waals surface area contributed by atoms with Crippen molar-refractivity contribution in [2.45, 2.75) is 12.8 Å². The molecule has 21 heavy (non-hydrogen) atoms. The maximum absolute atomic E-state index is 6.23. The van der Waals surface area contributed by atoms with Gasteiger partial charge in [-0.15, -0.1) is 11.6 Å². The summed E-state index contributed by atoms with van der Waals surface area (Å²) in [5.74, 6) is 1.77. The molecule has 108 valence electrons. The fourth-order valence-electron chi connectivity index (χ4n) is 2.41. The topological polar surface area (TPSA) is 27.1 Å². The third-order valence-corrected chi connectivity index (χ3v) is 3.93. The first kappa shape index (κ1) is 14.2. The molecule has 0 amide bonds. The summed E-state index contributed by atoms with van der Waals surface area (Å²) in [6.07, 6.45) is 0. The van der Waals surface area contributed by atoms with Gasteiger partial charge in [0, 0.05) is 5.69 Å². The van der Waals surface area contributed by atoms with Crippen molar-refractivity contribution in [3.05, 3.63) is 52.8 Å². The molecule has 0 unspecified atom stereocenters. The smallest absolute Gasteiger partial charge is 0.137 e. The highest BCUT2D eigenvalue weighted by atomic mass is 35.5. The van der Waals surface area contributed by atoms with Crippen molar-refractivity contribution in [1.82, 2.24) is 9.55 Å². The molecule has 2 aromatic carbocycles. The van der Waals surface area contributed by atoms with Gasteiger partial charge in [-0.05, 0) is 42.8 Å². The van der Waals surface area contributed by atoms with Crippen molar-refractivity contribution in [3.63, 3.8) is 0 Å². The lowest BCUT2D eigenvalue weighted by molar-refractivity contribution is 0.415. The number of methoxy groups -OCH3 is 1. The zero-order chi connectivity index (χ0) is 15.0. The largest absolute Gasteiger partial charge is 0.495 e. The quantitative estimate of drug-likeness (QED) is 0.652. The van der Waals surface area contributed by atoms with Crippen LogP contribution >= 0.6 is 23.2 Å². The first-order valence-electron chi connectivity index (χ1n) is 6.52. The molecule has 0 spiro atoms. The van der Waals surface area contributed by atoms with E-state index in [9.17, 15) is 0 Å². The first-order chi connectivity index (χ1) is 10.1. The van der Waals surface area contributed by atoms with Crippen LogP contribution in [0.25, 0.3) is 16.7 Å². The summed E-state index contributed by atoms with van der Waals surface area (Å²) in [5.41, 5.74) is 4.03. The number of benzene rings is 2. The number of aryl methyl sites for hydroxylation is 1. The number of hydrogen-bond acceptors (Lipinski definition) is 2. The monoisotopic (exact) mass is 320 g/mol. The summed E-state index contributed by atoms with van der Waals surface area (Å²) in [5, 5.41) is 0.560. The van der Waals surface area contributed by atoms with Crippen LogP contribution in [-0.2, 0) is 5.88 Å². The van der Waals surface area contributed by atoms with E-state index in [1.165, 1.54) is 5.56 Å². The van der Waals surface area contributed by atoms with E-state index in [2.05, 4.69) is 11.1 Å². The lowest BCUT2D eigenvalue weighted by Gasteiger charge is -2.10. The Hall–Kier alpha value is -1.71. The van der Waals surface area contributed by atoms with Gasteiger partial charge in [-0.2, -0.15) is 0 Å². The van der Waals surface area contributed by atoms with Crippen LogP contribution in [0.5, 0.6) is 5.75 Å². The molecule has 5 heteroatoms. The van der Waals surface area contributed by atoms with Crippen LogP contribution in [0.15, 0.2) is 36.4 Å². The maximum atomic E-state index is 6.23. The summed E-state index contributed by atoms with van der Waals surface area (Å²) in [6, 6.07) is 11.8. The Labute approximate surface area is 133 Å². The Morgan fingerprint density at radius 2 is 2.00 bits per heavy atom. The van der Waals surface area contributed by atoms with Crippen LogP contribution in [0.2, 0.25) is 5.02 Å². The summed E-state index contributed by atoms with van der Waals surface area (Å²) >= 11 is 12.3. The van der Waals surface area contributed by atoms with Gasteiger partial charge in [0.1, 0.15) is 11.6 Å². The summed E-state index contributed by atoms with van der Waals surface area (Å²) < 4.78 is 7.22.